The van der Waals surface area contributed by atoms with Crippen molar-refractivity contribution in [3.8, 4) is 0 Å². The predicted molar refractivity (Wildman–Crippen MR) is 43.4 cm³/mol. The molecule has 0 aliphatic carbocycles. The first-order valence-corrected chi connectivity index (χ1v) is 4.50. The molecule has 56 valence electrons. The fourth-order valence-corrected chi connectivity index (χ4v) is 2.09. The molecule has 1 unspecified atom stereocenters. The Morgan fingerprint density at radius 3 is 3.09 bits per heavy atom. The van der Waals surface area contributed by atoms with Crippen molar-refractivity contribution < 1.29 is 25.0 Å². The van der Waals surface area contributed by atoms with Crippen LogP contribution in [-0.4, -0.2) is 6.61 Å². The fraction of sp³-hybridized carbons (Fsp3) is 0.500. The predicted octanol–water partition coefficient (Wildman–Crippen LogP) is -0.284. The van der Waals surface area contributed by atoms with Crippen LogP contribution in [0.3, 0.4) is 0 Å². The standard InChI is InChI=1S/C8H10OS.Li.H/c1-3-7(9-5-1)8-4-2-6-10-8;;/h2,4,6-7H,1,3,5H2;;/q;+1;-1. The summed E-state index contributed by atoms with van der Waals surface area (Å²) in [5, 5.41) is 2.11. The molecule has 2 heterocycles. The maximum Gasteiger partial charge on any atom is 1.00 e. The molecule has 0 bridgehead atoms. The molecule has 1 nitrogen and oxygen atoms in total. The van der Waals surface area contributed by atoms with E-state index in [9.17, 15) is 0 Å². The Bertz CT molecular complexity index is 197. The van der Waals surface area contributed by atoms with Gasteiger partial charge in [0.25, 0.3) is 0 Å². The third kappa shape index (κ3) is 2.10. The van der Waals surface area contributed by atoms with Crippen LogP contribution >= 0.6 is 11.3 Å². The number of hydrogen-bond acceptors (Lipinski definition) is 2. The molecule has 0 N–H and O–H groups in total. The van der Waals surface area contributed by atoms with Gasteiger partial charge in [-0.25, -0.2) is 0 Å². The van der Waals surface area contributed by atoms with Crippen molar-refractivity contribution in [1.82, 2.24) is 0 Å². The Kier molecular flexibility index (Phi) is 3.67. The van der Waals surface area contributed by atoms with Gasteiger partial charge in [-0.15, -0.1) is 11.3 Å². The Balaban J connectivity index is 0.000000605. The van der Waals surface area contributed by atoms with Gasteiger partial charge in [-0.2, -0.15) is 0 Å². The van der Waals surface area contributed by atoms with Crippen LogP contribution in [0, 0.1) is 0 Å². The molecule has 0 amide bonds. The molecule has 0 aromatic carbocycles. The van der Waals surface area contributed by atoms with Gasteiger partial charge in [-0.05, 0) is 24.3 Å². The first-order valence-electron chi connectivity index (χ1n) is 3.62. The summed E-state index contributed by atoms with van der Waals surface area (Å²) in [7, 11) is 0. The molecule has 1 saturated heterocycles. The van der Waals surface area contributed by atoms with Crippen LogP contribution in [0.4, 0.5) is 0 Å². The molecular weight excluding hydrogens is 151 g/mol. The molecule has 0 spiro atoms. The molecule has 1 aromatic rings. The molecule has 0 radical (unpaired) electrons. The zero-order valence-electron chi connectivity index (χ0n) is 7.75. The average molecular weight is 162 g/mol. The number of thiophene rings is 1. The van der Waals surface area contributed by atoms with Crippen molar-refractivity contribution >= 4 is 11.3 Å². The second-order valence-corrected chi connectivity index (χ2v) is 3.50. The Morgan fingerprint density at radius 1 is 1.64 bits per heavy atom. The van der Waals surface area contributed by atoms with Crippen molar-refractivity contribution in [2.75, 3.05) is 6.61 Å². The van der Waals surface area contributed by atoms with E-state index in [1.54, 1.807) is 11.3 Å². The Morgan fingerprint density at radius 2 is 2.55 bits per heavy atom. The van der Waals surface area contributed by atoms with E-state index >= 15 is 0 Å². The summed E-state index contributed by atoms with van der Waals surface area (Å²) in [5.41, 5.74) is 0. The summed E-state index contributed by atoms with van der Waals surface area (Å²) in [6.07, 6.45) is 2.85. The first-order chi connectivity index (χ1) is 4.97. The minimum atomic E-state index is 0. The van der Waals surface area contributed by atoms with Gasteiger partial charge < -0.3 is 6.16 Å². The van der Waals surface area contributed by atoms with E-state index in [1.807, 2.05) is 0 Å². The monoisotopic (exact) mass is 162 g/mol. The van der Waals surface area contributed by atoms with Crippen LogP contribution in [0.15, 0.2) is 17.5 Å². The van der Waals surface area contributed by atoms with Gasteiger partial charge in [-0.3, -0.25) is 0 Å². The molecule has 1 aliphatic rings. The molecule has 0 saturated carbocycles. The molecule has 2 rings (SSSR count). The quantitative estimate of drug-likeness (QED) is 0.516. The van der Waals surface area contributed by atoms with Gasteiger partial charge in [-0.1, -0.05) is 6.07 Å². The normalized spacial score (nSPS) is 23.1. The van der Waals surface area contributed by atoms with E-state index in [4.69, 9.17) is 4.74 Å². The SMILES string of the molecule is [H-].[Li+].c1csc(C2CCCO2)c1. The van der Waals surface area contributed by atoms with Crippen LogP contribution in [0.5, 0.6) is 0 Å². The van der Waals surface area contributed by atoms with Gasteiger partial charge in [0, 0.05) is 11.5 Å². The summed E-state index contributed by atoms with van der Waals surface area (Å²) in [6, 6.07) is 4.24. The molecule has 3 heteroatoms. The van der Waals surface area contributed by atoms with Crippen molar-refractivity contribution in [2.24, 2.45) is 0 Å². The van der Waals surface area contributed by atoms with E-state index in [0.29, 0.717) is 6.10 Å². The Labute approximate surface area is 84.4 Å². The summed E-state index contributed by atoms with van der Waals surface area (Å²) in [5.74, 6) is 0. The molecule has 11 heavy (non-hydrogen) atoms. The van der Waals surface area contributed by atoms with Gasteiger partial charge >= 0.3 is 18.9 Å². The minimum Gasteiger partial charge on any atom is -1.00 e. The number of hydrogen-bond donors (Lipinski definition) is 0. The van der Waals surface area contributed by atoms with E-state index in [1.165, 1.54) is 17.7 Å². The first kappa shape index (κ1) is 9.35. The summed E-state index contributed by atoms with van der Waals surface area (Å²) < 4.78 is 5.51. The van der Waals surface area contributed by atoms with E-state index < -0.39 is 0 Å². The van der Waals surface area contributed by atoms with Crippen LogP contribution in [0.1, 0.15) is 25.2 Å². The second kappa shape index (κ2) is 4.32. The topological polar surface area (TPSA) is 9.23 Å². The van der Waals surface area contributed by atoms with E-state index in [2.05, 4.69) is 17.5 Å². The minimum absolute atomic E-state index is 0. The van der Waals surface area contributed by atoms with Crippen molar-refractivity contribution in [1.29, 1.82) is 0 Å². The number of ether oxygens (including phenoxy) is 1. The van der Waals surface area contributed by atoms with Gasteiger partial charge in [0.2, 0.25) is 0 Å². The van der Waals surface area contributed by atoms with Crippen molar-refractivity contribution in [2.45, 2.75) is 18.9 Å². The van der Waals surface area contributed by atoms with Crippen LogP contribution in [0.25, 0.3) is 0 Å². The number of rotatable bonds is 1. The Hall–Kier alpha value is 0.257. The van der Waals surface area contributed by atoms with E-state index in [0.717, 1.165) is 6.61 Å². The maximum absolute atomic E-state index is 5.51. The summed E-state index contributed by atoms with van der Waals surface area (Å²) in [6.45, 7) is 0.947. The smallest absolute Gasteiger partial charge is 1.00 e. The third-order valence-electron chi connectivity index (χ3n) is 1.79. The third-order valence-corrected chi connectivity index (χ3v) is 2.75. The van der Waals surface area contributed by atoms with Crippen molar-refractivity contribution in [3.63, 3.8) is 0 Å². The average Bonchev–Trinajstić information content (AvgIpc) is 2.59. The zero-order chi connectivity index (χ0) is 6.81. The van der Waals surface area contributed by atoms with Gasteiger partial charge in [0.15, 0.2) is 0 Å². The fourth-order valence-electron chi connectivity index (χ4n) is 1.28. The molecule has 1 aliphatic heterocycles. The summed E-state index contributed by atoms with van der Waals surface area (Å²) in [4.78, 5) is 1.39. The van der Waals surface area contributed by atoms with Crippen LogP contribution < -0.4 is 18.9 Å². The van der Waals surface area contributed by atoms with Crippen LogP contribution in [-0.2, 0) is 4.74 Å². The molecule has 1 fully saturated rings. The van der Waals surface area contributed by atoms with Crippen molar-refractivity contribution in [3.05, 3.63) is 22.4 Å². The van der Waals surface area contributed by atoms with E-state index in [-0.39, 0.29) is 20.3 Å². The maximum atomic E-state index is 5.51. The summed E-state index contributed by atoms with van der Waals surface area (Å²) >= 11 is 1.80. The zero-order valence-corrected chi connectivity index (χ0v) is 7.56. The molecular formula is C8H11LiOS. The molecule has 1 atom stereocenters. The molecule has 1 aromatic heterocycles. The van der Waals surface area contributed by atoms with Gasteiger partial charge in [0.1, 0.15) is 0 Å². The van der Waals surface area contributed by atoms with Gasteiger partial charge in [0.05, 0.1) is 6.10 Å². The second-order valence-electron chi connectivity index (χ2n) is 2.52. The van der Waals surface area contributed by atoms with Crippen LogP contribution in [0.2, 0.25) is 0 Å². The largest absolute Gasteiger partial charge is 1.00 e.